The highest BCUT2D eigenvalue weighted by molar-refractivity contribution is 5.53. The SMILES string of the molecule is N#Cc1cnc(NCc2ccccc2OC(F)(F)F)nc1NC[C@]12CC3C[C@H](C1)[C@@H](NCC1CCOC(c4ccccc4)O1)[C@@H](C3)C2. The molecule has 248 valence electrons. The van der Waals surface area contributed by atoms with Gasteiger partial charge in [0, 0.05) is 36.8 Å². The van der Waals surface area contributed by atoms with E-state index < -0.39 is 6.36 Å². The molecular formula is C35H39F3N6O3. The molecule has 4 aliphatic carbocycles. The number of ether oxygens (including phenoxy) is 3. The molecule has 0 amide bonds. The Bertz CT molecular complexity index is 1570. The summed E-state index contributed by atoms with van der Waals surface area (Å²) in [4.78, 5) is 8.77. The van der Waals surface area contributed by atoms with Crippen molar-refractivity contribution < 1.29 is 27.4 Å². The highest BCUT2D eigenvalue weighted by Crippen LogP contribution is 2.60. The van der Waals surface area contributed by atoms with Crippen LogP contribution in [0.5, 0.6) is 5.75 Å². The van der Waals surface area contributed by atoms with Crippen LogP contribution in [-0.2, 0) is 16.0 Å². The monoisotopic (exact) mass is 648 g/mol. The van der Waals surface area contributed by atoms with Gasteiger partial charge in [-0.2, -0.15) is 10.2 Å². The first-order chi connectivity index (χ1) is 22.8. The van der Waals surface area contributed by atoms with E-state index in [1.54, 1.807) is 12.1 Å². The molecule has 1 saturated heterocycles. The third kappa shape index (κ3) is 7.32. The molecule has 3 N–H and O–H groups in total. The quantitative estimate of drug-likeness (QED) is 0.213. The van der Waals surface area contributed by atoms with E-state index in [9.17, 15) is 18.4 Å². The van der Waals surface area contributed by atoms with E-state index in [1.165, 1.54) is 31.2 Å². The maximum atomic E-state index is 12.9. The molecular weight excluding hydrogens is 609 g/mol. The van der Waals surface area contributed by atoms with E-state index in [2.05, 4.69) is 36.7 Å². The summed E-state index contributed by atoms with van der Waals surface area (Å²) in [6, 6.07) is 18.7. The molecule has 1 aromatic heterocycles. The van der Waals surface area contributed by atoms with E-state index in [4.69, 9.17) is 9.47 Å². The minimum Gasteiger partial charge on any atom is -0.405 e. The van der Waals surface area contributed by atoms with Crippen molar-refractivity contribution in [2.24, 2.45) is 23.2 Å². The van der Waals surface area contributed by atoms with Crippen LogP contribution in [0, 0.1) is 34.5 Å². The number of alkyl halides is 3. The number of nitrogens with one attached hydrogen (secondary N) is 3. The molecule has 5 aliphatic rings. The first-order valence-electron chi connectivity index (χ1n) is 16.4. The zero-order valence-corrected chi connectivity index (χ0v) is 26.0. The van der Waals surface area contributed by atoms with Crippen molar-refractivity contribution in [2.75, 3.05) is 30.3 Å². The lowest BCUT2D eigenvalue weighted by Gasteiger charge is -2.60. The normalized spacial score (nSPS) is 29.7. The number of hydrogen-bond donors (Lipinski definition) is 3. The van der Waals surface area contributed by atoms with Crippen LogP contribution in [-0.4, -0.2) is 48.2 Å². The van der Waals surface area contributed by atoms with E-state index in [0.29, 0.717) is 53.9 Å². The first kappa shape index (κ1) is 31.7. The second-order valence-electron chi connectivity index (χ2n) is 13.5. The summed E-state index contributed by atoms with van der Waals surface area (Å²) in [5.74, 6) is 2.24. The van der Waals surface area contributed by atoms with Crippen LogP contribution in [0.2, 0.25) is 0 Å². The molecule has 9 nitrogen and oxygen atoms in total. The van der Waals surface area contributed by atoms with Gasteiger partial charge in [-0.1, -0.05) is 48.5 Å². The second-order valence-corrected chi connectivity index (χ2v) is 13.5. The van der Waals surface area contributed by atoms with Crippen molar-refractivity contribution in [3.63, 3.8) is 0 Å². The highest BCUT2D eigenvalue weighted by Gasteiger charge is 2.55. The van der Waals surface area contributed by atoms with Gasteiger partial charge in [-0.25, -0.2) is 4.98 Å². The number of halogens is 3. The number of hydrogen-bond acceptors (Lipinski definition) is 9. The average molecular weight is 649 g/mol. The van der Waals surface area contributed by atoms with Crippen LogP contribution in [0.25, 0.3) is 0 Å². The molecule has 47 heavy (non-hydrogen) atoms. The number of nitriles is 1. The number of para-hydroxylation sites is 1. The molecule has 7 atom stereocenters. The predicted molar refractivity (Wildman–Crippen MR) is 168 cm³/mol. The lowest BCUT2D eigenvalue weighted by Crippen LogP contribution is -2.60. The minimum absolute atomic E-state index is 0.0206. The summed E-state index contributed by atoms with van der Waals surface area (Å²) >= 11 is 0. The van der Waals surface area contributed by atoms with Gasteiger partial charge < -0.3 is 30.2 Å². The Hall–Kier alpha value is -3.92. The predicted octanol–water partition coefficient (Wildman–Crippen LogP) is 6.56. The zero-order valence-electron chi connectivity index (χ0n) is 26.0. The maximum Gasteiger partial charge on any atom is 0.573 e. The molecule has 8 rings (SSSR count). The smallest absolute Gasteiger partial charge is 0.405 e. The van der Waals surface area contributed by atoms with E-state index >= 15 is 0 Å². The molecule has 4 bridgehead atoms. The van der Waals surface area contributed by atoms with Gasteiger partial charge in [-0.3, -0.25) is 0 Å². The number of nitrogens with zero attached hydrogens (tertiary/aromatic N) is 3. The lowest BCUT2D eigenvalue weighted by molar-refractivity contribution is -0.274. The Balaban J connectivity index is 0.961. The Morgan fingerprint density at radius 1 is 1.00 bits per heavy atom. The molecule has 0 spiro atoms. The fourth-order valence-corrected chi connectivity index (χ4v) is 8.54. The zero-order chi connectivity index (χ0) is 32.4. The number of aromatic nitrogens is 2. The van der Waals surface area contributed by atoms with Crippen LogP contribution in [0.3, 0.4) is 0 Å². The third-order valence-electron chi connectivity index (χ3n) is 10.3. The van der Waals surface area contributed by atoms with Gasteiger partial charge in [0.25, 0.3) is 0 Å². The average Bonchev–Trinajstić information content (AvgIpc) is 3.06. The van der Waals surface area contributed by atoms with Crippen LogP contribution >= 0.6 is 0 Å². The Labute approximate surface area is 272 Å². The second kappa shape index (κ2) is 13.3. The number of anilines is 2. The van der Waals surface area contributed by atoms with Crippen molar-refractivity contribution in [3.8, 4) is 11.8 Å². The molecule has 12 heteroatoms. The van der Waals surface area contributed by atoms with Gasteiger partial charge in [0.1, 0.15) is 23.2 Å². The van der Waals surface area contributed by atoms with Crippen molar-refractivity contribution in [1.29, 1.82) is 5.26 Å². The molecule has 2 aromatic carbocycles. The van der Waals surface area contributed by atoms with Crippen molar-refractivity contribution in [1.82, 2.24) is 15.3 Å². The summed E-state index contributed by atoms with van der Waals surface area (Å²) in [7, 11) is 0. The van der Waals surface area contributed by atoms with Gasteiger partial charge in [-0.05, 0) is 67.8 Å². The van der Waals surface area contributed by atoms with Crippen molar-refractivity contribution >= 4 is 11.8 Å². The van der Waals surface area contributed by atoms with E-state index in [0.717, 1.165) is 37.8 Å². The topological polar surface area (TPSA) is 113 Å². The molecule has 3 aromatic rings. The molecule has 1 aliphatic heterocycles. The Kier molecular flexibility index (Phi) is 8.96. The first-order valence-corrected chi connectivity index (χ1v) is 16.4. The summed E-state index contributed by atoms with van der Waals surface area (Å²) in [5.41, 5.74) is 1.81. The molecule has 5 fully saturated rings. The maximum absolute atomic E-state index is 12.9. The van der Waals surface area contributed by atoms with E-state index in [1.807, 2.05) is 30.3 Å². The number of rotatable bonds is 11. The Morgan fingerprint density at radius 3 is 2.53 bits per heavy atom. The largest absolute Gasteiger partial charge is 0.573 e. The number of benzene rings is 2. The summed E-state index contributed by atoms with van der Waals surface area (Å²) in [6.45, 7) is 2.23. The molecule has 4 saturated carbocycles. The van der Waals surface area contributed by atoms with Crippen LogP contribution < -0.4 is 20.7 Å². The fourth-order valence-electron chi connectivity index (χ4n) is 8.54. The van der Waals surface area contributed by atoms with Gasteiger partial charge in [0.15, 0.2) is 6.29 Å². The van der Waals surface area contributed by atoms with Crippen molar-refractivity contribution in [3.05, 3.63) is 77.5 Å². The van der Waals surface area contributed by atoms with Crippen molar-refractivity contribution in [2.45, 2.75) is 69.9 Å². The lowest BCUT2D eigenvalue weighted by atomic mass is 9.48. The molecule has 0 radical (unpaired) electrons. The van der Waals surface area contributed by atoms with Crippen LogP contribution in [0.1, 0.15) is 61.5 Å². The summed E-state index contributed by atoms with van der Waals surface area (Å²) < 4.78 is 55.0. The molecule has 2 heterocycles. The van der Waals surface area contributed by atoms with Gasteiger partial charge in [-0.15, -0.1) is 13.2 Å². The Morgan fingerprint density at radius 2 is 1.77 bits per heavy atom. The van der Waals surface area contributed by atoms with Gasteiger partial charge >= 0.3 is 6.36 Å². The highest BCUT2D eigenvalue weighted by atomic mass is 19.4. The van der Waals surface area contributed by atoms with E-state index in [-0.39, 0.29) is 36.1 Å². The summed E-state index contributed by atoms with van der Waals surface area (Å²) in [6.07, 6.45) is 3.17. The van der Waals surface area contributed by atoms with Gasteiger partial charge in [0.05, 0.1) is 18.9 Å². The van der Waals surface area contributed by atoms with Gasteiger partial charge in [0.2, 0.25) is 5.95 Å². The van der Waals surface area contributed by atoms with Crippen LogP contribution in [0.15, 0.2) is 60.8 Å². The standard InChI is InChI=1S/C35H39F3N6O3/c36-35(37,38)47-29-9-5-4-8-24(29)18-41-33-42-19-27(17-39)31(44-33)43-21-34-14-22-12-25(15-34)30(26(13-22)16-34)40-20-28-10-11-45-32(46-28)23-6-2-1-3-7-23/h1-9,19,22,25-26,28,30,32,40H,10-16,18,20-21H2,(H2,41,42,43,44)/t22?,25-,26+,28?,30-,32?,34-. The summed E-state index contributed by atoms with van der Waals surface area (Å²) in [5, 5.41) is 20.2. The minimum atomic E-state index is -4.79. The molecule has 3 unspecified atom stereocenters. The fraction of sp³-hybridized carbons (Fsp3) is 0.514. The third-order valence-corrected chi connectivity index (χ3v) is 10.3. The van der Waals surface area contributed by atoms with Crippen LogP contribution in [0.4, 0.5) is 24.9 Å².